The second-order valence-corrected chi connectivity index (χ2v) is 8.82. The maximum absolute atomic E-state index is 5.03. The number of aliphatic imine (C=N–C) groups is 3. The van der Waals surface area contributed by atoms with E-state index in [1.165, 1.54) is 32.6 Å². The molecule has 0 unspecified atom stereocenters. The summed E-state index contributed by atoms with van der Waals surface area (Å²) in [6.45, 7) is 12.7. The predicted molar refractivity (Wildman–Crippen MR) is 138 cm³/mol. The van der Waals surface area contributed by atoms with Crippen molar-refractivity contribution in [2.45, 2.75) is 20.5 Å². The topological polar surface area (TPSA) is 42.0 Å². The van der Waals surface area contributed by atoms with Gasteiger partial charge in [-0.05, 0) is 42.4 Å². The monoisotopic (exact) mass is 418 g/mol. The Balaban J connectivity index is 1.68. The van der Waals surface area contributed by atoms with E-state index in [9.17, 15) is 0 Å². The van der Waals surface area contributed by atoms with Crippen LogP contribution in [0.25, 0.3) is 32.6 Å². The fourth-order valence-electron chi connectivity index (χ4n) is 4.73. The van der Waals surface area contributed by atoms with Crippen LogP contribution in [-0.2, 0) is 6.67 Å². The molecule has 0 bridgehead atoms. The number of benzene rings is 3. The van der Waals surface area contributed by atoms with E-state index in [0.29, 0.717) is 13.2 Å². The molecule has 1 aliphatic rings. The molecule has 0 aliphatic heterocycles. The van der Waals surface area contributed by atoms with E-state index in [0.717, 1.165) is 17.0 Å². The third-order valence-corrected chi connectivity index (χ3v) is 6.11. The van der Waals surface area contributed by atoms with Gasteiger partial charge in [0.05, 0.1) is 29.0 Å². The molecule has 3 aromatic carbocycles. The first-order valence-electron chi connectivity index (χ1n) is 10.8. The lowest BCUT2D eigenvalue weighted by Gasteiger charge is -2.11. The third kappa shape index (κ3) is 3.28. The molecule has 4 nitrogen and oxygen atoms in total. The van der Waals surface area contributed by atoms with Crippen molar-refractivity contribution in [1.82, 2.24) is 4.57 Å². The molecule has 0 fully saturated rings. The molecule has 4 heteroatoms. The van der Waals surface area contributed by atoms with Gasteiger partial charge in [0.1, 0.15) is 6.67 Å². The van der Waals surface area contributed by atoms with Gasteiger partial charge in [0.2, 0.25) is 0 Å². The Morgan fingerprint density at radius 2 is 1.62 bits per heavy atom. The Hall–Kier alpha value is -3.79. The van der Waals surface area contributed by atoms with Crippen molar-refractivity contribution in [3.63, 3.8) is 0 Å². The summed E-state index contributed by atoms with van der Waals surface area (Å²) < 4.78 is 2.28. The van der Waals surface area contributed by atoms with Crippen LogP contribution in [0.15, 0.2) is 99.1 Å². The Morgan fingerprint density at radius 3 is 2.41 bits per heavy atom. The molecule has 0 atom stereocenters. The van der Waals surface area contributed by atoms with E-state index >= 15 is 0 Å². The van der Waals surface area contributed by atoms with Crippen LogP contribution in [-0.4, -0.2) is 30.3 Å². The second kappa shape index (κ2) is 7.72. The summed E-state index contributed by atoms with van der Waals surface area (Å²) in [6, 6.07) is 21.5. The van der Waals surface area contributed by atoms with Crippen LogP contribution < -0.4 is 0 Å². The van der Waals surface area contributed by atoms with E-state index in [4.69, 9.17) is 4.99 Å². The fraction of sp³-hybridized carbons (Fsp3) is 0.179. The van der Waals surface area contributed by atoms with Gasteiger partial charge in [-0.2, -0.15) is 0 Å². The molecule has 1 aliphatic carbocycles. The molecule has 4 aromatic rings. The quantitative estimate of drug-likeness (QED) is 0.317. The summed E-state index contributed by atoms with van der Waals surface area (Å²) in [6.07, 6.45) is 4.32. The molecule has 0 saturated carbocycles. The smallest absolute Gasteiger partial charge is 0.115 e. The molecule has 5 rings (SSSR count). The maximum Gasteiger partial charge on any atom is 0.115 e. The molecule has 32 heavy (non-hydrogen) atoms. The first-order chi connectivity index (χ1) is 15.5. The summed E-state index contributed by atoms with van der Waals surface area (Å²) in [5.74, 6) is 0. The van der Waals surface area contributed by atoms with Crippen LogP contribution in [0.5, 0.6) is 0 Å². The van der Waals surface area contributed by atoms with Crippen LogP contribution in [0.1, 0.15) is 13.8 Å². The molecule has 0 radical (unpaired) electrons. The van der Waals surface area contributed by atoms with E-state index in [1.54, 1.807) is 0 Å². The van der Waals surface area contributed by atoms with Crippen molar-refractivity contribution < 1.29 is 0 Å². The number of hydrogen-bond acceptors (Lipinski definition) is 3. The molecular formula is C28H26N4. The van der Waals surface area contributed by atoms with E-state index < -0.39 is 0 Å². The van der Waals surface area contributed by atoms with Gasteiger partial charge in [-0.15, -0.1) is 0 Å². The van der Waals surface area contributed by atoms with Crippen LogP contribution in [0, 0.1) is 5.41 Å². The second-order valence-electron chi connectivity index (χ2n) is 8.82. The number of rotatable bonds is 6. The number of aromatic nitrogens is 1. The first kappa shape index (κ1) is 20.1. The lowest BCUT2D eigenvalue weighted by atomic mass is 9.96. The minimum Gasteiger partial charge on any atom is -0.320 e. The summed E-state index contributed by atoms with van der Waals surface area (Å²) in [5.41, 5.74) is 5.02. The standard InChI is InChI=1S/C28H26N4/c1-28(2)15-22(23(16-28)30-4)24(17-29-3)31-18-32-25-12-8-7-11-21(25)27-20-10-6-5-9-19(20)13-14-26(27)32/h5-16H,3-4,17-18H2,1-2H3/b31-24-. The number of nitrogens with zero attached hydrogens (tertiary/aromatic N) is 4. The van der Waals surface area contributed by atoms with E-state index in [2.05, 4.69) is 115 Å². The summed E-state index contributed by atoms with van der Waals surface area (Å²) in [5, 5.41) is 5.02. The number of hydrogen-bond donors (Lipinski definition) is 0. The fourth-order valence-corrected chi connectivity index (χ4v) is 4.73. The minimum atomic E-state index is -0.0838. The van der Waals surface area contributed by atoms with Crippen molar-refractivity contribution in [3.8, 4) is 0 Å². The van der Waals surface area contributed by atoms with Crippen molar-refractivity contribution >= 4 is 51.7 Å². The highest BCUT2D eigenvalue weighted by molar-refractivity contribution is 6.20. The van der Waals surface area contributed by atoms with Gasteiger partial charge >= 0.3 is 0 Å². The van der Waals surface area contributed by atoms with Crippen LogP contribution in [0.4, 0.5) is 0 Å². The summed E-state index contributed by atoms with van der Waals surface area (Å²) in [7, 11) is 0. The first-order valence-corrected chi connectivity index (χ1v) is 10.8. The summed E-state index contributed by atoms with van der Waals surface area (Å²) >= 11 is 0. The normalized spacial score (nSPS) is 15.9. The lowest BCUT2D eigenvalue weighted by molar-refractivity contribution is 0.634. The van der Waals surface area contributed by atoms with Gasteiger partial charge < -0.3 is 4.57 Å². The average molecular weight is 419 g/mol. The lowest BCUT2D eigenvalue weighted by Crippen LogP contribution is -2.10. The maximum atomic E-state index is 5.03. The Bertz CT molecular complexity index is 1480. The number of fused-ring (bicyclic) bond motifs is 5. The third-order valence-electron chi connectivity index (χ3n) is 6.11. The Morgan fingerprint density at radius 1 is 0.875 bits per heavy atom. The minimum absolute atomic E-state index is 0.0838. The van der Waals surface area contributed by atoms with E-state index in [-0.39, 0.29) is 5.41 Å². The molecule has 0 saturated heterocycles. The summed E-state index contributed by atoms with van der Waals surface area (Å²) in [4.78, 5) is 13.4. The SMILES string of the molecule is C=NC/C(=N/Cn1c2ccccc2c2c3ccccc3ccc21)C1=CC(C)(C)C=C1N=C. The van der Waals surface area contributed by atoms with Crippen molar-refractivity contribution in [2.75, 3.05) is 6.54 Å². The van der Waals surface area contributed by atoms with Gasteiger partial charge in [0, 0.05) is 21.8 Å². The Kier molecular flexibility index (Phi) is 4.86. The zero-order chi connectivity index (χ0) is 22.3. The van der Waals surface area contributed by atoms with Crippen molar-refractivity contribution in [2.24, 2.45) is 20.4 Å². The molecule has 1 heterocycles. The molecular weight excluding hydrogens is 392 g/mol. The molecule has 158 valence electrons. The van der Waals surface area contributed by atoms with Crippen LogP contribution >= 0.6 is 0 Å². The highest BCUT2D eigenvalue weighted by Gasteiger charge is 2.26. The van der Waals surface area contributed by atoms with E-state index in [1.807, 2.05) is 0 Å². The van der Waals surface area contributed by atoms with Crippen molar-refractivity contribution in [3.05, 3.63) is 84.1 Å². The average Bonchev–Trinajstić information content (AvgIpc) is 3.30. The van der Waals surface area contributed by atoms with Crippen LogP contribution in [0.2, 0.25) is 0 Å². The van der Waals surface area contributed by atoms with Crippen LogP contribution in [0.3, 0.4) is 0 Å². The van der Waals surface area contributed by atoms with Gasteiger partial charge in [0.15, 0.2) is 0 Å². The van der Waals surface area contributed by atoms with Gasteiger partial charge in [-0.1, -0.05) is 68.5 Å². The molecule has 0 N–H and O–H groups in total. The van der Waals surface area contributed by atoms with Gasteiger partial charge in [-0.25, -0.2) is 0 Å². The number of allylic oxidation sites excluding steroid dienone is 3. The molecule has 1 aromatic heterocycles. The molecule has 0 spiro atoms. The van der Waals surface area contributed by atoms with Gasteiger partial charge in [0.25, 0.3) is 0 Å². The molecule has 0 amide bonds. The Labute approximate surface area is 188 Å². The number of para-hydroxylation sites is 1. The predicted octanol–water partition coefficient (Wildman–Crippen LogP) is 6.60. The zero-order valence-corrected chi connectivity index (χ0v) is 18.5. The van der Waals surface area contributed by atoms with Gasteiger partial charge in [-0.3, -0.25) is 15.0 Å². The van der Waals surface area contributed by atoms with Crippen molar-refractivity contribution in [1.29, 1.82) is 0 Å². The highest BCUT2D eigenvalue weighted by atomic mass is 15.1. The highest BCUT2D eigenvalue weighted by Crippen LogP contribution is 2.36. The zero-order valence-electron chi connectivity index (χ0n) is 18.5. The largest absolute Gasteiger partial charge is 0.320 e.